The Morgan fingerprint density at radius 2 is 2.33 bits per heavy atom. The summed E-state index contributed by atoms with van der Waals surface area (Å²) < 4.78 is 0. The average molecular weight is 241 g/mol. The summed E-state index contributed by atoms with van der Waals surface area (Å²) >= 11 is 0. The van der Waals surface area contributed by atoms with E-state index in [9.17, 15) is 4.79 Å². The van der Waals surface area contributed by atoms with E-state index in [0.29, 0.717) is 24.3 Å². The number of fused-ring (bicyclic) bond motifs is 1. The molecule has 0 aliphatic carbocycles. The van der Waals surface area contributed by atoms with E-state index < -0.39 is 0 Å². The van der Waals surface area contributed by atoms with Crippen LogP contribution in [0.15, 0.2) is 24.3 Å². The third kappa shape index (κ3) is 2.46. The molecule has 0 spiro atoms. The fraction of sp³-hybridized carbons (Fsp3) is 0.214. The molecule has 1 heterocycles. The minimum atomic E-state index is -0.136. The first kappa shape index (κ1) is 12.1. The smallest absolute Gasteiger partial charge is 0.267 e. The van der Waals surface area contributed by atoms with Crippen LogP contribution in [0.3, 0.4) is 0 Å². The maximum Gasteiger partial charge on any atom is 0.267 e. The number of hydrogen-bond acceptors (Lipinski definition) is 2. The number of para-hydroxylation sites is 1. The Bertz CT molecular complexity index is 607. The van der Waals surface area contributed by atoms with Gasteiger partial charge in [-0.25, -0.2) is 0 Å². The summed E-state index contributed by atoms with van der Waals surface area (Å²) in [5.74, 6) is 2.40. The second-order valence-electron chi connectivity index (χ2n) is 4.06. The second kappa shape index (κ2) is 5.28. The normalized spacial score (nSPS) is 10.2. The maximum atomic E-state index is 11.9. The lowest BCUT2D eigenvalue weighted by Crippen LogP contribution is -2.24. The molecule has 1 aromatic heterocycles. The van der Waals surface area contributed by atoms with Gasteiger partial charge in [0.25, 0.3) is 5.91 Å². The van der Waals surface area contributed by atoms with Gasteiger partial charge < -0.3 is 16.0 Å². The van der Waals surface area contributed by atoms with E-state index in [4.69, 9.17) is 12.2 Å². The summed E-state index contributed by atoms with van der Waals surface area (Å²) in [6.07, 6.45) is 6.59. The van der Waals surface area contributed by atoms with Gasteiger partial charge in [0, 0.05) is 18.4 Å². The lowest BCUT2D eigenvalue weighted by Gasteiger charge is -2.01. The molecule has 0 aliphatic rings. The molecule has 0 saturated heterocycles. The number of carbonyl (C=O) groups excluding carboxylic acids is 1. The summed E-state index contributed by atoms with van der Waals surface area (Å²) in [6.45, 7) is 0.577. The number of aromatic nitrogens is 1. The number of nitrogens with one attached hydrogen (secondary N) is 2. The molecular weight excluding hydrogens is 226 g/mol. The van der Waals surface area contributed by atoms with Gasteiger partial charge in [-0.2, -0.15) is 0 Å². The molecule has 92 valence electrons. The van der Waals surface area contributed by atoms with Crippen LogP contribution in [0.1, 0.15) is 23.3 Å². The van der Waals surface area contributed by atoms with Crippen molar-refractivity contribution in [2.45, 2.75) is 12.8 Å². The molecule has 0 fully saturated rings. The van der Waals surface area contributed by atoms with E-state index in [1.165, 1.54) is 0 Å². The number of terminal acetylenes is 1. The zero-order valence-electron chi connectivity index (χ0n) is 9.99. The number of nitrogens with two attached hydrogens (primary N) is 1. The molecule has 0 radical (unpaired) electrons. The lowest BCUT2D eigenvalue weighted by molar-refractivity contribution is 0.0949. The van der Waals surface area contributed by atoms with Gasteiger partial charge in [0.1, 0.15) is 5.69 Å². The molecule has 4 heteroatoms. The molecule has 2 rings (SSSR count). The number of rotatable bonds is 4. The van der Waals surface area contributed by atoms with Crippen molar-refractivity contribution in [3.63, 3.8) is 0 Å². The Balaban J connectivity index is 2.09. The first-order valence-corrected chi connectivity index (χ1v) is 5.81. The summed E-state index contributed by atoms with van der Waals surface area (Å²) in [4.78, 5) is 14.9. The molecule has 0 saturated carbocycles. The van der Waals surface area contributed by atoms with E-state index in [-0.39, 0.29) is 5.91 Å². The Morgan fingerprint density at radius 3 is 3.06 bits per heavy atom. The molecular formula is C14H15N3O. The van der Waals surface area contributed by atoms with Crippen LogP contribution in [0.4, 0.5) is 5.69 Å². The van der Waals surface area contributed by atoms with E-state index in [2.05, 4.69) is 16.2 Å². The van der Waals surface area contributed by atoms with E-state index in [1.54, 1.807) is 12.1 Å². The van der Waals surface area contributed by atoms with Crippen molar-refractivity contribution < 1.29 is 4.79 Å². The predicted molar refractivity (Wildman–Crippen MR) is 73.1 cm³/mol. The molecule has 0 unspecified atom stereocenters. The number of amides is 1. The molecule has 0 aliphatic heterocycles. The second-order valence-corrected chi connectivity index (χ2v) is 4.06. The molecule has 0 atom stereocenters. The molecule has 18 heavy (non-hydrogen) atoms. The van der Waals surface area contributed by atoms with Gasteiger partial charge in [0.15, 0.2) is 0 Å². The van der Waals surface area contributed by atoms with Crippen molar-refractivity contribution in [1.82, 2.24) is 10.3 Å². The highest BCUT2D eigenvalue weighted by molar-refractivity contribution is 6.00. The van der Waals surface area contributed by atoms with E-state index in [1.807, 2.05) is 12.1 Å². The zero-order chi connectivity index (χ0) is 13.0. The molecule has 1 amide bonds. The topological polar surface area (TPSA) is 70.9 Å². The van der Waals surface area contributed by atoms with Gasteiger partial charge in [-0.05, 0) is 18.6 Å². The number of benzene rings is 1. The molecule has 1 aromatic carbocycles. The van der Waals surface area contributed by atoms with Crippen LogP contribution in [-0.2, 0) is 0 Å². The van der Waals surface area contributed by atoms with Crippen molar-refractivity contribution >= 4 is 22.5 Å². The summed E-state index contributed by atoms with van der Waals surface area (Å²) in [6, 6.07) is 7.37. The Morgan fingerprint density at radius 1 is 1.50 bits per heavy atom. The number of anilines is 1. The van der Waals surface area contributed by atoms with Gasteiger partial charge in [-0.15, -0.1) is 12.3 Å². The van der Waals surface area contributed by atoms with E-state index in [0.717, 1.165) is 17.3 Å². The maximum absolute atomic E-state index is 11.9. The predicted octanol–water partition coefficient (Wildman–Crippen LogP) is 1.89. The Hall–Kier alpha value is -2.41. The first-order valence-electron chi connectivity index (χ1n) is 5.81. The summed E-state index contributed by atoms with van der Waals surface area (Å²) in [5.41, 5.74) is 7.78. The fourth-order valence-corrected chi connectivity index (χ4v) is 1.79. The van der Waals surface area contributed by atoms with Crippen LogP contribution >= 0.6 is 0 Å². The number of aromatic amines is 1. The van der Waals surface area contributed by atoms with Crippen molar-refractivity contribution in [2.24, 2.45) is 0 Å². The van der Waals surface area contributed by atoms with Crippen LogP contribution in [0.2, 0.25) is 0 Å². The largest absolute Gasteiger partial charge is 0.397 e. The molecule has 0 bridgehead atoms. The van der Waals surface area contributed by atoms with Gasteiger partial charge in [0.05, 0.1) is 11.2 Å². The van der Waals surface area contributed by atoms with Crippen molar-refractivity contribution in [3.05, 3.63) is 30.0 Å². The highest BCUT2D eigenvalue weighted by Gasteiger charge is 2.09. The van der Waals surface area contributed by atoms with Crippen LogP contribution in [0, 0.1) is 12.3 Å². The average Bonchev–Trinajstić information content (AvgIpc) is 2.80. The third-order valence-electron chi connectivity index (χ3n) is 2.72. The van der Waals surface area contributed by atoms with Crippen molar-refractivity contribution in [3.8, 4) is 12.3 Å². The van der Waals surface area contributed by atoms with Crippen molar-refractivity contribution in [2.75, 3.05) is 12.3 Å². The minimum Gasteiger partial charge on any atom is -0.397 e. The first-order chi connectivity index (χ1) is 8.72. The number of nitrogen functional groups attached to an aromatic ring is 1. The van der Waals surface area contributed by atoms with Gasteiger partial charge >= 0.3 is 0 Å². The number of carbonyl (C=O) groups is 1. The van der Waals surface area contributed by atoms with Crippen LogP contribution in [0.5, 0.6) is 0 Å². The zero-order valence-corrected chi connectivity index (χ0v) is 9.99. The minimum absolute atomic E-state index is 0.136. The summed E-state index contributed by atoms with van der Waals surface area (Å²) in [5, 5.41) is 3.74. The summed E-state index contributed by atoms with van der Waals surface area (Å²) in [7, 11) is 0. The van der Waals surface area contributed by atoms with Gasteiger partial charge in [0.2, 0.25) is 0 Å². The standard InChI is InChI=1S/C14H15N3O/c1-2-3-4-8-16-14(18)12-9-10-6-5-7-11(15)13(10)17-12/h1,5-7,9,17H,3-4,8,15H2,(H,16,18). The Kier molecular flexibility index (Phi) is 3.54. The van der Waals surface area contributed by atoms with Crippen LogP contribution in [0.25, 0.3) is 10.9 Å². The highest BCUT2D eigenvalue weighted by Crippen LogP contribution is 2.20. The Labute approximate surface area is 106 Å². The lowest BCUT2D eigenvalue weighted by atomic mass is 10.2. The third-order valence-corrected chi connectivity index (χ3v) is 2.72. The number of unbranched alkanes of at least 4 members (excludes halogenated alkanes) is 1. The van der Waals surface area contributed by atoms with Crippen molar-refractivity contribution in [1.29, 1.82) is 0 Å². The number of H-pyrrole nitrogens is 1. The fourth-order valence-electron chi connectivity index (χ4n) is 1.79. The monoisotopic (exact) mass is 241 g/mol. The molecule has 2 aromatic rings. The SMILES string of the molecule is C#CCCCNC(=O)c1cc2cccc(N)c2[nH]1. The highest BCUT2D eigenvalue weighted by atomic mass is 16.1. The quantitative estimate of drug-likeness (QED) is 0.434. The molecule has 4 nitrogen and oxygen atoms in total. The van der Waals surface area contributed by atoms with Gasteiger partial charge in [-0.3, -0.25) is 4.79 Å². The van der Waals surface area contributed by atoms with Crippen LogP contribution < -0.4 is 11.1 Å². The van der Waals surface area contributed by atoms with E-state index >= 15 is 0 Å². The van der Waals surface area contributed by atoms with Crippen LogP contribution in [-0.4, -0.2) is 17.4 Å². The number of hydrogen-bond donors (Lipinski definition) is 3. The molecule has 4 N–H and O–H groups in total. The van der Waals surface area contributed by atoms with Gasteiger partial charge in [-0.1, -0.05) is 12.1 Å².